The molecule has 0 spiro atoms. The first-order chi connectivity index (χ1) is 14.6. The van der Waals surface area contributed by atoms with E-state index in [9.17, 15) is 4.79 Å². The largest absolute Gasteiger partial charge is 0.464 e. The molecule has 4 rings (SSSR count). The normalized spacial score (nSPS) is 20.7. The van der Waals surface area contributed by atoms with E-state index in [0.29, 0.717) is 13.2 Å². The van der Waals surface area contributed by atoms with Crippen LogP contribution in [0, 0.1) is 0 Å². The average molecular weight is 399 g/mol. The monoisotopic (exact) mass is 399 g/mol. The zero-order chi connectivity index (χ0) is 21.0. The molecule has 30 heavy (non-hydrogen) atoms. The standard InChI is InChI=1S/C25H25N3O2/c1-3-30-24(29)25(2)22(20-14-16-26-17-15-20)28(18-19-10-6-4-7-11-19)23(27-25)21-12-8-5-9-13-21/h4-17,22H,3,18H2,1-2H3/t22-,25-/m0/s1. The Morgan fingerprint density at radius 3 is 2.27 bits per heavy atom. The Morgan fingerprint density at radius 2 is 1.63 bits per heavy atom. The van der Waals surface area contributed by atoms with Crippen LogP contribution in [0.25, 0.3) is 0 Å². The van der Waals surface area contributed by atoms with Crippen molar-refractivity contribution >= 4 is 11.8 Å². The highest BCUT2D eigenvalue weighted by Crippen LogP contribution is 2.43. The summed E-state index contributed by atoms with van der Waals surface area (Å²) in [5.41, 5.74) is 2.03. The van der Waals surface area contributed by atoms with Crippen molar-refractivity contribution < 1.29 is 9.53 Å². The van der Waals surface area contributed by atoms with Gasteiger partial charge in [0.15, 0.2) is 5.54 Å². The van der Waals surface area contributed by atoms with Crippen LogP contribution >= 0.6 is 0 Å². The zero-order valence-corrected chi connectivity index (χ0v) is 17.2. The van der Waals surface area contributed by atoms with Crippen LogP contribution in [0.3, 0.4) is 0 Å². The number of amidine groups is 1. The van der Waals surface area contributed by atoms with Gasteiger partial charge < -0.3 is 9.64 Å². The first-order valence-electron chi connectivity index (χ1n) is 10.2. The van der Waals surface area contributed by atoms with Crippen LogP contribution in [-0.4, -0.2) is 33.8 Å². The predicted molar refractivity (Wildman–Crippen MR) is 117 cm³/mol. The van der Waals surface area contributed by atoms with Crippen molar-refractivity contribution in [1.82, 2.24) is 9.88 Å². The minimum Gasteiger partial charge on any atom is -0.464 e. The van der Waals surface area contributed by atoms with Crippen LogP contribution < -0.4 is 0 Å². The molecule has 1 aromatic heterocycles. The van der Waals surface area contributed by atoms with E-state index in [0.717, 1.165) is 22.5 Å². The summed E-state index contributed by atoms with van der Waals surface area (Å²) in [6, 6.07) is 23.8. The molecule has 0 saturated carbocycles. The molecule has 0 N–H and O–H groups in total. The molecular formula is C25H25N3O2. The molecule has 2 heterocycles. The van der Waals surface area contributed by atoms with E-state index in [1.54, 1.807) is 12.4 Å². The van der Waals surface area contributed by atoms with Crippen molar-refractivity contribution in [2.75, 3.05) is 6.61 Å². The molecular weight excluding hydrogens is 374 g/mol. The second-order valence-corrected chi connectivity index (χ2v) is 7.47. The number of hydrogen-bond donors (Lipinski definition) is 0. The van der Waals surface area contributed by atoms with Crippen LogP contribution in [-0.2, 0) is 16.1 Å². The highest BCUT2D eigenvalue weighted by molar-refractivity contribution is 6.04. The number of benzene rings is 2. The highest BCUT2D eigenvalue weighted by Gasteiger charge is 2.52. The van der Waals surface area contributed by atoms with Crippen molar-refractivity contribution in [3.05, 3.63) is 102 Å². The van der Waals surface area contributed by atoms with Gasteiger partial charge in [0.05, 0.1) is 12.6 Å². The molecule has 1 aliphatic heterocycles. The van der Waals surface area contributed by atoms with Crippen LogP contribution in [0.4, 0.5) is 0 Å². The maximum atomic E-state index is 13.2. The first kappa shape index (κ1) is 19.8. The molecule has 0 bridgehead atoms. The van der Waals surface area contributed by atoms with Crippen LogP contribution in [0.2, 0.25) is 0 Å². The molecule has 2 aromatic carbocycles. The second-order valence-electron chi connectivity index (χ2n) is 7.47. The number of hydrogen-bond acceptors (Lipinski definition) is 5. The lowest BCUT2D eigenvalue weighted by atomic mass is 9.87. The van der Waals surface area contributed by atoms with E-state index in [-0.39, 0.29) is 12.0 Å². The van der Waals surface area contributed by atoms with E-state index < -0.39 is 5.54 Å². The van der Waals surface area contributed by atoms with E-state index in [1.165, 1.54) is 0 Å². The van der Waals surface area contributed by atoms with E-state index in [1.807, 2.05) is 74.5 Å². The molecule has 152 valence electrons. The number of ether oxygens (including phenoxy) is 1. The van der Waals surface area contributed by atoms with E-state index >= 15 is 0 Å². The van der Waals surface area contributed by atoms with Crippen LogP contribution in [0.5, 0.6) is 0 Å². The van der Waals surface area contributed by atoms with Gasteiger partial charge in [-0.2, -0.15) is 0 Å². The fourth-order valence-electron chi connectivity index (χ4n) is 4.02. The predicted octanol–water partition coefficient (Wildman–Crippen LogP) is 4.41. The first-order valence-corrected chi connectivity index (χ1v) is 10.2. The Balaban J connectivity index is 1.87. The number of aliphatic imine (C=N–C) groups is 1. The average Bonchev–Trinajstić information content (AvgIpc) is 3.09. The molecule has 1 aliphatic rings. The Kier molecular flexibility index (Phi) is 5.61. The van der Waals surface area contributed by atoms with Gasteiger partial charge in [-0.15, -0.1) is 0 Å². The van der Waals surface area contributed by atoms with Crippen LogP contribution in [0.1, 0.15) is 36.6 Å². The fourth-order valence-corrected chi connectivity index (χ4v) is 4.02. The summed E-state index contributed by atoms with van der Waals surface area (Å²) in [4.78, 5) is 24.5. The van der Waals surface area contributed by atoms with Gasteiger partial charge in [0.2, 0.25) is 0 Å². The van der Waals surface area contributed by atoms with Crippen molar-refractivity contribution in [3.63, 3.8) is 0 Å². The number of aromatic nitrogens is 1. The minimum absolute atomic E-state index is 0.310. The van der Waals surface area contributed by atoms with Gasteiger partial charge in [0.25, 0.3) is 0 Å². The van der Waals surface area contributed by atoms with Gasteiger partial charge in [-0.25, -0.2) is 9.79 Å². The van der Waals surface area contributed by atoms with Crippen molar-refractivity contribution in [2.45, 2.75) is 32.0 Å². The number of esters is 1. The fraction of sp³-hybridized carbons (Fsp3) is 0.240. The molecule has 3 aromatic rings. The summed E-state index contributed by atoms with van der Waals surface area (Å²) in [5.74, 6) is 0.465. The smallest absolute Gasteiger partial charge is 0.336 e. The molecule has 5 nitrogen and oxygen atoms in total. The summed E-state index contributed by atoms with van der Waals surface area (Å²) in [5, 5.41) is 0. The highest BCUT2D eigenvalue weighted by atomic mass is 16.5. The summed E-state index contributed by atoms with van der Waals surface area (Å²) < 4.78 is 5.47. The number of pyridine rings is 1. The quantitative estimate of drug-likeness (QED) is 0.576. The number of carbonyl (C=O) groups is 1. The zero-order valence-electron chi connectivity index (χ0n) is 17.2. The maximum Gasteiger partial charge on any atom is 0.336 e. The number of carbonyl (C=O) groups excluding carboxylic acids is 1. The second kappa shape index (κ2) is 8.49. The van der Waals surface area contributed by atoms with Crippen molar-refractivity contribution in [1.29, 1.82) is 0 Å². The van der Waals surface area contributed by atoms with Gasteiger partial charge in [-0.05, 0) is 37.1 Å². The molecule has 0 radical (unpaired) electrons. The van der Waals surface area contributed by atoms with Gasteiger partial charge >= 0.3 is 5.97 Å². The van der Waals surface area contributed by atoms with E-state index in [2.05, 4.69) is 22.0 Å². The van der Waals surface area contributed by atoms with Gasteiger partial charge in [0.1, 0.15) is 5.84 Å². The lowest BCUT2D eigenvalue weighted by molar-refractivity contribution is -0.150. The van der Waals surface area contributed by atoms with Crippen molar-refractivity contribution in [2.24, 2.45) is 4.99 Å². The molecule has 0 unspecified atom stereocenters. The topological polar surface area (TPSA) is 54.8 Å². The van der Waals surface area contributed by atoms with Gasteiger partial charge in [-0.3, -0.25) is 4.98 Å². The van der Waals surface area contributed by atoms with Crippen LogP contribution in [0.15, 0.2) is 90.2 Å². The molecule has 5 heteroatoms. The SMILES string of the molecule is CCOC(=O)[C@@]1(C)N=C(c2ccccc2)N(Cc2ccccc2)[C@H]1c1ccncc1. The summed E-state index contributed by atoms with van der Waals surface area (Å²) >= 11 is 0. The lowest BCUT2D eigenvalue weighted by Crippen LogP contribution is -2.44. The minimum atomic E-state index is -1.07. The van der Waals surface area contributed by atoms with Gasteiger partial charge in [-0.1, -0.05) is 60.7 Å². The molecule has 0 amide bonds. The Hall–Kier alpha value is -3.47. The molecule has 2 atom stereocenters. The molecule has 0 aliphatic carbocycles. The third kappa shape index (κ3) is 3.71. The summed E-state index contributed by atoms with van der Waals surface area (Å²) in [7, 11) is 0. The number of rotatable bonds is 6. The Bertz CT molecular complexity index is 1020. The van der Waals surface area contributed by atoms with Gasteiger partial charge in [0, 0.05) is 24.5 Å². The third-order valence-electron chi connectivity index (χ3n) is 5.39. The third-order valence-corrected chi connectivity index (χ3v) is 5.39. The Labute approximate surface area is 177 Å². The summed E-state index contributed by atoms with van der Waals surface area (Å²) in [6.07, 6.45) is 3.50. The molecule has 0 fully saturated rings. The van der Waals surface area contributed by atoms with Crippen molar-refractivity contribution in [3.8, 4) is 0 Å². The lowest BCUT2D eigenvalue weighted by Gasteiger charge is -2.34. The maximum absolute atomic E-state index is 13.2. The molecule has 0 saturated heterocycles. The Morgan fingerprint density at radius 1 is 1.00 bits per heavy atom. The number of nitrogens with zero attached hydrogens (tertiary/aromatic N) is 3. The summed E-state index contributed by atoms with van der Waals surface area (Å²) in [6.45, 7) is 4.62. The van der Waals surface area contributed by atoms with E-state index in [4.69, 9.17) is 9.73 Å².